The molecule has 0 spiro atoms. The van der Waals surface area contributed by atoms with Gasteiger partial charge < -0.3 is 20.1 Å². The lowest BCUT2D eigenvalue weighted by molar-refractivity contribution is 0.102. The monoisotopic (exact) mass is 473 g/mol. The van der Waals surface area contributed by atoms with E-state index < -0.39 is 0 Å². The van der Waals surface area contributed by atoms with Gasteiger partial charge in [0, 0.05) is 24.2 Å². The van der Waals surface area contributed by atoms with Crippen molar-refractivity contribution in [2.75, 3.05) is 31.4 Å². The molecule has 0 atom stereocenters. The Kier molecular flexibility index (Phi) is 6.91. The number of nitrogens with zero attached hydrogens (tertiary/aromatic N) is 3. The van der Waals surface area contributed by atoms with Gasteiger partial charge in [0.15, 0.2) is 17.1 Å². The van der Waals surface area contributed by atoms with Crippen LogP contribution in [0.1, 0.15) is 42.3 Å². The summed E-state index contributed by atoms with van der Waals surface area (Å²) in [6, 6.07) is 17.1. The maximum atomic E-state index is 12.9. The molecule has 2 aromatic carbocycles. The van der Waals surface area contributed by atoms with Gasteiger partial charge in [-0.15, -0.1) is 0 Å². The zero-order valence-corrected chi connectivity index (χ0v) is 20.8. The molecule has 2 N–H and O–H groups in total. The highest BCUT2D eigenvalue weighted by molar-refractivity contribution is 6.04. The van der Waals surface area contributed by atoms with Gasteiger partial charge in [-0.25, -0.2) is 4.98 Å². The first-order valence-corrected chi connectivity index (χ1v) is 11.5. The van der Waals surface area contributed by atoms with Crippen LogP contribution < -0.4 is 20.1 Å². The maximum Gasteiger partial charge on any atom is 0.256 e. The highest BCUT2D eigenvalue weighted by atomic mass is 16.5. The molecule has 1 amide bonds. The summed E-state index contributed by atoms with van der Waals surface area (Å²) in [6.07, 6.45) is 2.44. The zero-order chi connectivity index (χ0) is 25.0. The fourth-order valence-electron chi connectivity index (χ4n) is 3.78. The summed E-state index contributed by atoms with van der Waals surface area (Å²) < 4.78 is 12.4. The molecule has 0 aliphatic carbocycles. The molecule has 35 heavy (non-hydrogen) atoms. The van der Waals surface area contributed by atoms with Gasteiger partial charge in [-0.2, -0.15) is 9.61 Å². The highest BCUT2D eigenvalue weighted by Crippen LogP contribution is 2.28. The number of benzene rings is 2. The van der Waals surface area contributed by atoms with E-state index >= 15 is 0 Å². The van der Waals surface area contributed by atoms with Crippen molar-refractivity contribution in [1.82, 2.24) is 14.6 Å². The minimum atomic E-state index is -0.210. The maximum absolute atomic E-state index is 12.9. The first-order valence-electron chi connectivity index (χ1n) is 11.5. The molecule has 0 radical (unpaired) electrons. The van der Waals surface area contributed by atoms with E-state index in [0.717, 1.165) is 17.8 Å². The molecular weight excluding hydrogens is 442 g/mol. The minimum Gasteiger partial charge on any atom is -0.493 e. The van der Waals surface area contributed by atoms with Gasteiger partial charge in [-0.05, 0) is 47.2 Å². The molecule has 0 saturated heterocycles. The molecule has 0 unspecified atom stereocenters. The number of ether oxygens (including phenoxy) is 2. The van der Waals surface area contributed by atoms with E-state index in [1.807, 2.05) is 42.5 Å². The molecular formula is C27H31N5O3. The third-order valence-corrected chi connectivity index (χ3v) is 5.78. The summed E-state index contributed by atoms with van der Waals surface area (Å²) in [5.74, 6) is 2.38. The van der Waals surface area contributed by atoms with Crippen molar-refractivity contribution >= 4 is 23.2 Å². The molecule has 0 aliphatic heterocycles. The van der Waals surface area contributed by atoms with E-state index in [-0.39, 0.29) is 11.3 Å². The van der Waals surface area contributed by atoms with Crippen LogP contribution >= 0.6 is 0 Å². The summed E-state index contributed by atoms with van der Waals surface area (Å²) in [5, 5.41) is 10.7. The van der Waals surface area contributed by atoms with Gasteiger partial charge in [-0.1, -0.05) is 39.0 Å². The number of hydrogen-bond acceptors (Lipinski definition) is 6. The Morgan fingerprint density at radius 3 is 2.40 bits per heavy atom. The normalized spacial score (nSPS) is 11.3. The van der Waals surface area contributed by atoms with Crippen LogP contribution in [0.2, 0.25) is 0 Å². The van der Waals surface area contributed by atoms with Gasteiger partial charge in [0.1, 0.15) is 11.6 Å². The summed E-state index contributed by atoms with van der Waals surface area (Å²) in [6.45, 7) is 7.08. The largest absolute Gasteiger partial charge is 0.493 e. The van der Waals surface area contributed by atoms with Crippen molar-refractivity contribution in [2.45, 2.75) is 32.6 Å². The van der Waals surface area contributed by atoms with Crippen LogP contribution in [-0.2, 0) is 11.8 Å². The summed E-state index contributed by atoms with van der Waals surface area (Å²) in [4.78, 5) is 17.4. The van der Waals surface area contributed by atoms with Crippen molar-refractivity contribution < 1.29 is 14.3 Å². The number of carbonyl (C=O) groups excluding carboxylic acids is 1. The lowest BCUT2D eigenvalue weighted by atomic mass is 9.87. The molecule has 0 saturated carbocycles. The third-order valence-electron chi connectivity index (χ3n) is 5.78. The molecule has 2 heterocycles. The Morgan fingerprint density at radius 1 is 0.971 bits per heavy atom. The second-order valence-electron chi connectivity index (χ2n) is 9.28. The Morgan fingerprint density at radius 2 is 1.71 bits per heavy atom. The molecule has 8 heteroatoms. The Balaban J connectivity index is 1.47. The van der Waals surface area contributed by atoms with E-state index in [4.69, 9.17) is 9.47 Å². The topological polar surface area (TPSA) is 89.8 Å². The molecule has 0 bridgehead atoms. The average molecular weight is 474 g/mol. The summed E-state index contributed by atoms with van der Waals surface area (Å²) >= 11 is 0. The first-order chi connectivity index (χ1) is 16.8. The number of rotatable bonds is 8. The molecule has 0 aliphatic rings. The SMILES string of the molecule is COc1ccc(CCNc2cc(NC(=O)c3ccc(C(C)(C)C)cc3)nc3ccnn23)cc1OC. The lowest BCUT2D eigenvalue weighted by Crippen LogP contribution is -2.16. The van der Waals surface area contributed by atoms with E-state index in [2.05, 4.69) is 41.5 Å². The summed E-state index contributed by atoms with van der Waals surface area (Å²) in [7, 11) is 3.25. The fourth-order valence-corrected chi connectivity index (χ4v) is 3.78. The van der Waals surface area contributed by atoms with Crippen LogP contribution in [0.15, 0.2) is 60.8 Å². The van der Waals surface area contributed by atoms with Crippen LogP contribution in [0.25, 0.3) is 5.65 Å². The zero-order valence-electron chi connectivity index (χ0n) is 20.8. The van der Waals surface area contributed by atoms with Crippen molar-refractivity contribution in [3.05, 3.63) is 77.5 Å². The van der Waals surface area contributed by atoms with Crippen LogP contribution in [0.3, 0.4) is 0 Å². The van der Waals surface area contributed by atoms with Crippen LogP contribution in [0.5, 0.6) is 11.5 Å². The minimum absolute atomic E-state index is 0.0289. The van der Waals surface area contributed by atoms with Crippen LogP contribution in [0.4, 0.5) is 11.6 Å². The van der Waals surface area contributed by atoms with Gasteiger partial charge in [0.2, 0.25) is 0 Å². The van der Waals surface area contributed by atoms with E-state index in [9.17, 15) is 4.79 Å². The standard InChI is InChI=1S/C27H31N5O3/c1-27(2,3)20-9-7-19(8-10-20)26(33)31-23-17-25(32-24(30-23)13-15-29-32)28-14-12-18-6-11-21(34-4)22(16-18)35-5/h6-11,13,15-17,28H,12,14H2,1-5H3,(H,30,31,33). The third kappa shape index (κ3) is 5.54. The smallest absolute Gasteiger partial charge is 0.256 e. The fraction of sp³-hybridized carbons (Fsp3) is 0.296. The number of nitrogens with one attached hydrogen (secondary N) is 2. The molecule has 4 aromatic rings. The second kappa shape index (κ2) is 10.0. The summed E-state index contributed by atoms with van der Waals surface area (Å²) in [5.41, 5.74) is 3.53. The Labute approximate surface area is 205 Å². The van der Waals surface area contributed by atoms with Crippen LogP contribution in [-0.4, -0.2) is 41.3 Å². The van der Waals surface area contributed by atoms with Crippen molar-refractivity contribution in [1.29, 1.82) is 0 Å². The number of fused-ring (bicyclic) bond motifs is 1. The van der Waals surface area contributed by atoms with E-state index in [0.29, 0.717) is 35.1 Å². The molecule has 4 rings (SSSR count). The average Bonchev–Trinajstić information content (AvgIpc) is 3.32. The number of amides is 1. The highest BCUT2D eigenvalue weighted by Gasteiger charge is 2.15. The van der Waals surface area contributed by atoms with Gasteiger partial charge >= 0.3 is 0 Å². The predicted octanol–water partition coefficient (Wildman–Crippen LogP) is 4.95. The van der Waals surface area contributed by atoms with Crippen molar-refractivity contribution in [3.8, 4) is 11.5 Å². The van der Waals surface area contributed by atoms with Crippen molar-refractivity contribution in [3.63, 3.8) is 0 Å². The number of hydrogen-bond donors (Lipinski definition) is 2. The molecule has 182 valence electrons. The molecule has 0 fully saturated rings. The lowest BCUT2D eigenvalue weighted by Gasteiger charge is -2.19. The van der Waals surface area contributed by atoms with Gasteiger partial charge in [0.05, 0.1) is 20.4 Å². The Hall–Kier alpha value is -4.07. The van der Waals surface area contributed by atoms with E-state index in [1.54, 1.807) is 37.1 Å². The number of carbonyl (C=O) groups is 1. The van der Waals surface area contributed by atoms with E-state index in [1.165, 1.54) is 5.56 Å². The number of aromatic nitrogens is 3. The van der Waals surface area contributed by atoms with Gasteiger partial charge in [-0.3, -0.25) is 4.79 Å². The quantitative estimate of drug-likeness (QED) is 0.376. The van der Waals surface area contributed by atoms with Crippen LogP contribution in [0, 0.1) is 0 Å². The predicted molar refractivity (Wildman–Crippen MR) is 138 cm³/mol. The second-order valence-corrected chi connectivity index (χ2v) is 9.28. The number of methoxy groups -OCH3 is 2. The van der Waals surface area contributed by atoms with Crippen molar-refractivity contribution in [2.24, 2.45) is 0 Å². The first kappa shape index (κ1) is 24.1. The molecule has 8 nitrogen and oxygen atoms in total. The number of anilines is 2. The Bertz CT molecular complexity index is 1320. The molecule has 2 aromatic heterocycles. The van der Waals surface area contributed by atoms with Gasteiger partial charge in [0.25, 0.3) is 5.91 Å².